The van der Waals surface area contributed by atoms with Crippen molar-refractivity contribution in [2.24, 2.45) is 12.0 Å². The van der Waals surface area contributed by atoms with Crippen molar-refractivity contribution in [1.82, 2.24) is 29.8 Å². The topological polar surface area (TPSA) is 63.3 Å². The second kappa shape index (κ2) is 10.1. The summed E-state index contributed by atoms with van der Waals surface area (Å²) in [6.07, 6.45) is 5.90. The van der Waals surface area contributed by atoms with Gasteiger partial charge in [0.2, 0.25) is 0 Å². The van der Waals surface area contributed by atoms with Crippen LogP contribution in [0.3, 0.4) is 0 Å². The number of aryl methyl sites for hydroxylation is 1. The van der Waals surface area contributed by atoms with Gasteiger partial charge >= 0.3 is 0 Å². The number of aliphatic imine (C=N–C) groups is 1. The van der Waals surface area contributed by atoms with Gasteiger partial charge in [-0.1, -0.05) is 38.1 Å². The van der Waals surface area contributed by atoms with Crippen LogP contribution in [0, 0.1) is 0 Å². The lowest BCUT2D eigenvalue weighted by Gasteiger charge is -2.22. The van der Waals surface area contributed by atoms with Crippen LogP contribution in [0.15, 0.2) is 53.9 Å². The molecule has 0 bridgehead atoms. The van der Waals surface area contributed by atoms with E-state index in [1.54, 1.807) is 0 Å². The van der Waals surface area contributed by atoms with Crippen LogP contribution in [0.4, 0.5) is 0 Å². The number of nitrogens with one attached hydrogen (secondary N) is 1. The molecular formula is C23H33N7. The zero-order valence-electron chi connectivity index (χ0n) is 18.7. The molecule has 0 unspecified atom stereocenters. The first kappa shape index (κ1) is 21.6. The van der Waals surface area contributed by atoms with Crippen LogP contribution in [0.1, 0.15) is 49.1 Å². The molecule has 2 heterocycles. The molecule has 0 aliphatic heterocycles. The van der Waals surface area contributed by atoms with Gasteiger partial charge in [0, 0.05) is 51.3 Å². The van der Waals surface area contributed by atoms with Crippen LogP contribution in [0.2, 0.25) is 0 Å². The Balaban J connectivity index is 1.76. The molecule has 0 aliphatic rings. The summed E-state index contributed by atoms with van der Waals surface area (Å²) < 4.78 is 3.84. The second-order valence-electron chi connectivity index (χ2n) is 7.87. The standard InChI is InChI=1S/C23H33N7/c1-6-24-23(28(4)15-21-16-29(5)27-22(21)18(2)3)25-14-19-10-7-8-11-20(19)17-30-13-9-12-26-30/h7-13,16,18H,6,14-15,17H2,1-5H3,(H,24,25). The van der Waals surface area contributed by atoms with Crippen molar-refractivity contribution >= 4 is 5.96 Å². The Morgan fingerprint density at radius 3 is 2.60 bits per heavy atom. The molecule has 0 saturated heterocycles. The first-order valence-electron chi connectivity index (χ1n) is 10.5. The van der Waals surface area contributed by atoms with Crippen LogP contribution in [0.5, 0.6) is 0 Å². The van der Waals surface area contributed by atoms with Crippen molar-refractivity contribution < 1.29 is 0 Å². The smallest absolute Gasteiger partial charge is 0.194 e. The fourth-order valence-corrected chi connectivity index (χ4v) is 3.56. The zero-order valence-corrected chi connectivity index (χ0v) is 18.7. The van der Waals surface area contributed by atoms with Gasteiger partial charge in [0.15, 0.2) is 5.96 Å². The number of nitrogens with zero attached hydrogens (tertiary/aromatic N) is 6. The van der Waals surface area contributed by atoms with Crippen LogP contribution in [-0.4, -0.2) is 44.0 Å². The molecule has 0 fully saturated rings. The van der Waals surface area contributed by atoms with Crippen LogP contribution >= 0.6 is 0 Å². The van der Waals surface area contributed by atoms with Crippen molar-refractivity contribution in [3.05, 3.63) is 71.3 Å². The van der Waals surface area contributed by atoms with Gasteiger partial charge in [0.25, 0.3) is 0 Å². The first-order valence-corrected chi connectivity index (χ1v) is 10.5. The summed E-state index contributed by atoms with van der Waals surface area (Å²) in [5.41, 5.74) is 4.82. The number of rotatable bonds is 8. The van der Waals surface area contributed by atoms with E-state index >= 15 is 0 Å². The third kappa shape index (κ3) is 5.49. The molecule has 0 radical (unpaired) electrons. The van der Waals surface area contributed by atoms with Crippen molar-refractivity contribution in [2.45, 2.75) is 46.3 Å². The SMILES string of the molecule is CCNC(=NCc1ccccc1Cn1cccn1)N(C)Cc1cn(C)nc1C(C)C. The summed E-state index contributed by atoms with van der Waals surface area (Å²) in [5, 5.41) is 12.4. The number of guanidine groups is 1. The maximum atomic E-state index is 4.93. The number of hydrogen-bond acceptors (Lipinski definition) is 3. The fourth-order valence-electron chi connectivity index (χ4n) is 3.56. The summed E-state index contributed by atoms with van der Waals surface area (Å²) in [6, 6.07) is 10.4. The molecule has 0 amide bonds. The Labute approximate surface area is 179 Å². The zero-order chi connectivity index (χ0) is 21.5. The number of benzene rings is 1. The van der Waals surface area contributed by atoms with E-state index in [0.717, 1.165) is 31.3 Å². The highest BCUT2D eigenvalue weighted by molar-refractivity contribution is 5.79. The van der Waals surface area contributed by atoms with Gasteiger partial charge < -0.3 is 10.2 Å². The Morgan fingerprint density at radius 1 is 1.17 bits per heavy atom. The van der Waals surface area contributed by atoms with Gasteiger partial charge in [-0.05, 0) is 30.0 Å². The Kier molecular flexibility index (Phi) is 7.27. The number of aromatic nitrogens is 4. The average molecular weight is 408 g/mol. The van der Waals surface area contributed by atoms with Gasteiger partial charge in [-0.25, -0.2) is 4.99 Å². The minimum absolute atomic E-state index is 0.392. The highest BCUT2D eigenvalue weighted by Gasteiger charge is 2.15. The number of hydrogen-bond donors (Lipinski definition) is 1. The van der Waals surface area contributed by atoms with E-state index in [-0.39, 0.29) is 0 Å². The van der Waals surface area contributed by atoms with Crippen molar-refractivity contribution in [3.63, 3.8) is 0 Å². The minimum atomic E-state index is 0.392. The van der Waals surface area contributed by atoms with Crippen molar-refractivity contribution in [3.8, 4) is 0 Å². The summed E-state index contributed by atoms with van der Waals surface area (Å²) in [7, 11) is 4.06. The summed E-state index contributed by atoms with van der Waals surface area (Å²) in [4.78, 5) is 7.09. The fraction of sp³-hybridized carbons (Fsp3) is 0.435. The van der Waals surface area contributed by atoms with E-state index in [1.165, 1.54) is 16.7 Å². The highest BCUT2D eigenvalue weighted by Crippen LogP contribution is 2.19. The summed E-state index contributed by atoms with van der Waals surface area (Å²) >= 11 is 0. The van der Waals surface area contributed by atoms with E-state index in [2.05, 4.69) is 78.7 Å². The lowest BCUT2D eigenvalue weighted by molar-refractivity contribution is 0.473. The molecule has 7 nitrogen and oxygen atoms in total. The van der Waals surface area contributed by atoms with Crippen LogP contribution in [-0.2, 0) is 26.7 Å². The molecule has 0 aliphatic carbocycles. The van der Waals surface area contributed by atoms with E-state index in [0.29, 0.717) is 12.5 Å². The molecule has 160 valence electrons. The first-order chi connectivity index (χ1) is 14.5. The van der Waals surface area contributed by atoms with E-state index < -0.39 is 0 Å². The molecule has 0 saturated carbocycles. The lowest BCUT2D eigenvalue weighted by Crippen LogP contribution is -2.38. The van der Waals surface area contributed by atoms with Gasteiger partial charge in [0.05, 0.1) is 18.8 Å². The third-order valence-corrected chi connectivity index (χ3v) is 5.00. The maximum Gasteiger partial charge on any atom is 0.194 e. The summed E-state index contributed by atoms with van der Waals surface area (Å²) in [5.74, 6) is 1.29. The third-order valence-electron chi connectivity index (χ3n) is 5.00. The molecule has 0 atom stereocenters. The van der Waals surface area contributed by atoms with Crippen LogP contribution in [0.25, 0.3) is 0 Å². The lowest BCUT2D eigenvalue weighted by atomic mass is 10.1. The summed E-state index contributed by atoms with van der Waals surface area (Å²) in [6.45, 7) is 9.42. The molecule has 1 aromatic carbocycles. The Bertz CT molecular complexity index is 954. The molecule has 0 spiro atoms. The predicted molar refractivity (Wildman–Crippen MR) is 121 cm³/mol. The molecule has 3 aromatic rings. The average Bonchev–Trinajstić information content (AvgIpc) is 3.35. The molecule has 1 N–H and O–H groups in total. The monoisotopic (exact) mass is 407 g/mol. The molecular weight excluding hydrogens is 374 g/mol. The van der Waals surface area contributed by atoms with Crippen LogP contribution < -0.4 is 5.32 Å². The van der Waals surface area contributed by atoms with Gasteiger partial charge in [-0.3, -0.25) is 9.36 Å². The molecule has 7 heteroatoms. The molecule has 30 heavy (non-hydrogen) atoms. The normalized spacial score (nSPS) is 11.9. The molecule has 2 aromatic heterocycles. The van der Waals surface area contributed by atoms with E-state index in [4.69, 9.17) is 4.99 Å². The minimum Gasteiger partial charge on any atom is -0.357 e. The van der Waals surface area contributed by atoms with Gasteiger partial charge in [-0.15, -0.1) is 0 Å². The van der Waals surface area contributed by atoms with E-state index in [1.807, 2.05) is 34.9 Å². The molecule has 3 rings (SSSR count). The van der Waals surface area contributed by atoms with E-state index in [9.17, 15) is 0 Å². The quantitative estimate of drug-likeness (QED) is 0.459. The van der Waals surface area contributed by atoms with Crippen molar-refractivity contribution in [2.75, 3.05) is 13.6 Å². The largest absolute Gasteiger partial charge is 0.357 e. The maximum absolute atomic E-state index is 4.93. The van der Waals surface area contributed by atoms with Gasteiger partial charge in [-0.2, -0.15) is 10.2 Å². The Morgan fingerprint density at radius 2 is 1.93 bits per heavy atom. The van der Waals surface area contributed by atoms with Gasteiger partial charge in [0.1, 0.15) is 0 Å². The highest BCUT2D eigenvalue weighted by atomic mass is 15.3. The second-order valence-corrected chi connectivity index (χ2v) is 7.87. The Hall–Kier alpha value is -3.09. The predicted octanol–water partition coefficient (Wildman–Crippen LogP) is 3.39. The van der Waals surface area contributed by atoms with Crippen molar-refractivity contribution in [1.29, 1.82) is 0 Å².